The molecule has 0 aliphatic heterocycles. The predicted octanol–water partition coefficient (Wildman–Crippen LogP) is 4.38. The highest BCUT2D eigenvalue weighted by Gasteiger charge is 2.10. The normalized spacial score (nSPS) is 12.2. The fraction of sp³-hybridized carbons (Fsp3) is 0.333. The topological polar surface area (TPSA) is 30.5 Å². The van der Waals surface area contributed by atoms with Crippen LogP contribution < -0.4 is 14.8 Å². The van der Waals surface area contributed by atoms with E-state index < -0.39 is 0 Å². The molecule has 2 aromatic rings. The van der Waals surface area contributed by atoms with E-state index in [9.17, 15) is 0 Å². The van der Waals surface area contributed by atoms with Gasteiger partial charge in [-0.25, -0.2) is 0 Å². The van der Waals surface area contributed by atoms with Crippen molar-refractivity contribution in [2.75, 3.05) is 14.2 Å². The molecule has 108 valence electrons. The fourth-order valence-electron chi connectivity index (χ4n) is 1.82. The largest absolute Gasteiger partial charge is 0.493 e. The summed E-state index contributed by atoms with van der Waals surface area (Å²) < 4.78 is 12.4. The average Bonchev–Trinajstić information content (AvgIpc) is 2.89. The van der Waals surface area contributed by atoms with Crippen LogP contribution in [0.3, 0.4) is 0 Å². The van der Waals surface area contributed by atoms with Gasteiger partial charge in [0.15, 0.2) is 11.5 Å². The van der Waals surface area contributed by atoms with E-state index in [1.54, 1.807) is 18.4 Å². The predicted molar refractivity (Wildman–Crippen MR) is 86.8 cm³/mol. The van der Waals surface area contributed by atoms with Gasteiger partial charge in [-0.15, -0.1) is 11.3 Å². The van der Waals surface area contributed by atoms with Gasteiger partial charge in [0.25, 0.3) is 0 Å². The molecule has 5 heteroatoms. The van der Waals surface area contributed by atoms with E-state index >= 15 is 0 Å². The van der Waals surface area contributed by atoms with Crippen molar-refractivity contribution < 1.29 is 9.47 Å². The zero-order valence-corrected chi connectivity index (χ0v) is 14.2. The number of nitrogens with one attached hydrogen (secondary N) is 1. The molecule has 1 aromatic heterocycles. The molecule has 0 fully saturated rings. The zero-order valence-electron chi connectivity index (χ0n) is 11.8. The Morgan fingerprint density at radius 2 is 2.05 bits per heavy atom. The van der Waals surface area contributed by atoms with Crippen molar-refractivity contribution >= 4 is 27.3 Å². The molecular weight excluding hydrogens is 338 g/mol. The van der Waals surface area contributed by atoms with Crippen LogP contribution in [0.5, 0.6) is 11.5 Å². The first-order valence-corrected chi connectivity index (χ1v) is 7.97. The molecule has 0 radical (unpaired) electrons. The number of ether oxygens (including phenoxy) is 2. The zero-order chi connectivity index (χ0) is 14.5. The Labute approximate surface area is 132 Å². The molecule has 1 heterocycles. The van der Waals surface area contributed by atoms with Crippen molar-refractivity contribution in [1.29, 1.82) is 0 Å². The molecular formula is C15H18BrNO2S. The Morgan fingerprint density at radius 1 is 1.25 bits per heavy atom. The van der Waals surface area contributed by atoms with Gasteiger partial charge in [0.05, 0.1) is 10.9 Å². The molecule has 1 N–H and O–H groups in total. The van der Waals surface area contributed by atoms with E-state index in [0.717, 1.165) is 15.3 Å². The highest BCUT2D eigenvalue weighted by atomic mass is 79.9. The third kappa shape index (κ3) is 3.75. The van der Waals surface area contributed by atoms with Gasteiger partial charge >= 0.3 is 0 Å². The maximum atomic E-state index is 5.84. The van der Waals surface area contributed by atoms with Crippen LogP contribution in [-0.2, 0) is 6.61 Å². The van der Waals surface area contributed by atoms with E-state index in [2.05, 4.69) is 40.3 Å². The summed E-state index contributed by atoms with van der Waals surface area (Å²) in [6.07, 6.45) is 0. The summed E-state index contributed by atoms with van der Waals surface area (Å²) in [5.74, 6) is 1.53. The fourth-order valence-corrected chi connectivity index (χ4v) is 3.21. The van der Waals surface area contributed by atoms with Crippen molar-refractivity contribution in [2.24, 2.45) is 0 Å². The quantitative estimate of drug-likeness (QED) is 0.833. The second-order valence-electron chi connectivity index (χ2n) is 4.42. The third-order valence-corrected chi connectivity index (χ3v) is 4.72. The van der Waals surface area contributed by atoms with Crippen LogP contribution in [0, 0.1) is 0 Å². The molecule has 0 saturated heterocycles. The molecule has 2 rings (SSSR count). The molecule has 0 saturated carbocycles. The third-order valence-electron chi connectivity index (χ3n) is 3.12. The Morgan fingerprint density at radius 3 is 2.65 bits per heavy atom. The molecule has 0 amide bonds. The lowest BCUT2D eigenvalue weighted by Gasteiger charge is -2.15. The minimum Gasteiger partial charge on any atom is -0.493 e. The first-order chi connectivity index (χ1) is 9.63. The van der Waals surface area contributed by atoms with Crippen molar-refractivity contribution in [2.45, 2.75) is 19.6 Å². The first-order valence-electron chi connectivity index (χ1n) is 6.36. The van der Waals surface area contributed by atoms with E-state index in [-0.39, 0.29) is 6.04 Å². The van der Waals surface area contributed by atoms with Crippen LogP contribution >= 0.6 is 27.3 Å². The Hall–Kier alpha value is -1.04. The van der Waals surface area contributed by atoms with Crippen molar-refractivity contribution in [3.63, 3.8) is 0 Å². The van der Waals surface area contributed by atoms with Crippen LogP contribution in [0.25, 0.3) is 0 Å². The Balaban J connectivity index is 2.11. The minimum absolute atomic E-state index is 0.284. The standard InChI is InChI=1S/C15H18BrNO2S/c1-10(17-2)11-4-6-13(14(8-11)18-3)19-9-12-5-7-15(16)20-12/h4-8,10,17H,9H2,1-3H3. The maximum absolute atomic E-state index is 5.84. The summed E-state index contributed by atoms with van der Waals surface area (Å²) in [6.45, 7) is 2.66. The summed E-state index contributed by atoms with van der Waals surface area (Å²) in [4.78, 5) is 1.17. The second-order valence-corrected chi connectivity index (χ2v) is 6.96. The highest BCUT2D eigenvalue weighted by molar-refractivity contribution is 9.11. The molecule has 0 aliphatic rings. The summed E-state index contributed by atoms with van der Waals surface area (Å²) in [5.41, 5.74) is 1.18. The number of benzene rings is 1. The number of methoxy groups -OCH3 is 1. The molecule has 1 aromatic carbocycles. The minimum atomic E-state index is 0.284. The first kappa shape index (κ1) is 15.4. The van der Waals surface area contributed by atoms with Gasteiger partial charge in [-0.05, 0) is 59.7 Å². The number of thiophene rings is 1. The molecule has 0 spiro atoms. The van der Waals surface area contributed by atoms with E-state index in [4.69, 9.17) is 9.47 Å². The summed E-state index contributed by atoms with van der Waals surface area (Å²) in [7, 11) is 3.61. The maximum Gasteiger partial charge on any atom is 0.161 e. The van der Waals surface area contributed by atoms with E-state index in [1.165, 1.54) is 10.4 Å². The van der Waals surface area contributed by atoms with E-state index in [1.807, 2.05) is 25.2 Å². The second kappa shape index (κ2) is 7.11. The average molecular weight is 356 g/mol. The van der Waals surface area contributed by atoms with Gasteiger partial charge in [-0.2, -0.15) is 0 Å². The lowest BCUT2D eigenvalue weighted by atomic mass is 10.1. The van der Waals surface area contributed by atoms with Crippen molar-refractivity contribution in [3.05, 3.63) is 44.6 Å². The van der Waals surface area contributed by atoms with Gasteiger partial charge in [0.2, 0.25) is 0 Å². The smallest absolute Gasteiger partial charge is 0.161 e. The summed E-state index contributed by atoms with van der Waals surface area (Å²) >= 11 is 5.12. The molecule has 0 aliphatic carbocycles. The van der Waals surface area contributed by atoms with Gasteiger partial charge in [0, 0.05) is 10.9 Å². The Kier molecular flexibility index (Phi) is 5.46. The highest BCUT2D eigenvalue weighted by Crippen LogP contribution is 2.31. The number of hydrogen-bond donors (Lipinski definition) is 1. The summed E-state index contributed by atoms with van der Waals surface area (Å²) in [6, 6.07) is 10.4. The van der Waals surface area contributed by atoms with Gasteiger partial charge in [-0.1, -0.05) is 6.07 Å². The van der Waals surface area contributed by atoms with Crippen molar-refractivity contribution in [1.82, 2.24) is 5.32 Å². The summed E-state index contributed by atoms with van der Waals surface area (Å²) in [5, 5.41) is 3.21. The van der Waals surface area contributed by atoms with Crippen LogP contribution in [-0.4, -0.2) is 14.2 Å². The van der Waals surface area contributed by atoms with Gasteiger partial charge < -0.3 is 14.8 Å². The Bertz CT molecular complexity index is 571. The van der Waals surface area contributed by atoms with Crippen LogP contribution in [0.2, 0.25) is 0 Å². The van der Waals surface area contributed by atoms with Gasteiger partial charge in [0.1, 0.15) is 6.61 Å². The van der Waals surface area contributed by atoms with Crippen LogP contribution in [0.4, 0.5) is 0 Å². The number of halogens is 1. The number of rotatable bonds is 6. The monoisotopic (exact) mass is 355 g/mol. The van der Waals surface area contributed by atoms with Crippen LogP contribution in [0.15, 0.2) is 34.1 Å². The lowest BCUT2D eigenvalue weighted by Crippen LogP contribution is -2.12. The number of hydrogen-bond acceptors (Lipinski definition) is 4. The van der Waals surface area contributed by atoms with Gasteiger partial charge in [-0.3, -0.25) is 0 Å². The molecule has 3 nitrogen and oxygen atoms in total. The molecule has 0 bridgehead atoms. The molecule has 20 heavy (non-hydrogen) atoms. The molecule has 1 unspecified atom stereocenters. The van der Waals surface area contributed by atoms with Crippen LogP contribution in [0.1, 0.15) is 23.4 Å². The van der Waals surface area contributed by atoms with E-state index in [0.29, 0.717) is 6.61 Å². The molecule has 1 atom stereocenters. The lowest BCUT2D eigenvalue weighted by molar-refractivity contribution is 0.287. The van der Waals surface area contributed by atoms with Crippen molar-refractivity contribution in [3.8, 4) is 11.5 Å². The SMILES string of the molecule is CNC(C)c1ccc(OCc2ccc(Br)s2)c(OC)c1.